The number of rotatable bonds is 0. The summed E-state index contributed by atoms with van der Waals surface area (Å²) in [7, 11) is 0. The zero-order valence-corrected chi connectivity index (χ0v) is 5.68. The molecular weight excluding hydrogens is 168 g/mol. The number of hydrogen-bond acceptors (Lipinski definition) is 0. The number of hydrogen-bond donors (Lipinski definition) is 0. The average molecular weight is 172 g/mol. The molecule has 1 nitrogen and oxygen atoms in total. The first-order valence-electron chi connectivity index (χ1n) is 2.21. The summed E-state index contributed by atoms with van der Waals surface area (Å²) < 4.78 is 0.942. The third-order valence-corrected chi connectivity index (χ3v) is 1.34. The maximum absolute atomic E-state index is 10.4. The molecule has 1 rings (SSSR count). The summed E-state index contributed by atoms with van der Waals surface area (Å²) in [6.07, 6.45) is 0. The Balaban J connectivity index is 3.03. The molecule has 2 heteroatoms. The van der Waals surface area contributed by atoms with Crippen molar-refractivity contribution in [2.24, 2.45) is 0 Å². The Morgan fingerprint density at radius 1 is 1.12 bits per heavy atom. The van der Waals surface area contributed by atoms with Crippen molar-refractivity contribution in [2.75, 3.05) is 0 Å². The van der Waals surface area contributed by atoms with Crippen molar-refractivity contribution in [3.8, 4) is 5.75 Å². The standard InChI is InChI=1S/C6H4BrO/c7-5-1-3-6(8)4-2-5/h1-4H. The van der Waals surface area contributed by atoms with Gasteiger partial charge in [-0.3, -0.25) is 5.11 Å². The molecule has 0 saturated carbocycles. The predicted molar refractivity (Wildman–Crippen MR) is 34.3 cm³/mol. The SMILES string of the molecule is [O]c1ccc(Br)cc1. The van der Waals surface area contributed by atoms with Gasteiger partial charge in [-0.15, -0.1) is 0 Å². The summed E-state index contributed by atoms with van der Waals surface area (Å²) >= 11 is 3.21. The topological polar surface area (TPSA) is 19.9 Å². The molecule has 0 bridgehead atoms. The van der Waals surface area contributed by atoms with Crippen molar-refractivity contribution in [1.29, 1.82) is 0 Å². The van der Waals surface area contributed by atoms with Crippen molar-refractivity contribution in [2.45, 2.75) is 0 Å². The summed E-state index contributed by atoms with van der Waals surface area (Å²) in [4.78, 5) is 0. The molecule has 1 radical (unpaired) electrons. The first-order chi connectivity index (χ1) is 3.79. The first kappa shape index (κ1) is 5.63. The van der Waals surface area contributed by atoms with E-state index in [1.54, 1.807) is 12.1 Å². The van der Waals surface area contributed by atoms with E-state index in [0.717, 1.165) is 4.47 Å². The summed E-state index contributed by atoms with van der Waals surface area (Å²) in [5.74, 6) is 0.0493. The quantitative estimate of drug-likeness (QED) is 0.573. The molecule has 0 aromatic heterocycles. The largest absolute Gasteiger partial charge is 0.290 e. The van der Waals surface area contributed by atoms with E-state index in [1.807, 2.05) is 0 Å². The van der Waals surface area contributed by atoms with Gasteiger partial charge in [0.15, 0.2) is 5.75 Å². The van der Waals surface area contributed by atoms with Crippen molar-refractivity contribution in [3.63, 3.8) is 0 Å². The molecule has 0 heterocycles. The van der Waals surface area contributed by atoms with E-state index in [0.29, 0.717) is 0 Å². The van der Waals surface area contributed by atoms with E-state index in [1.165, 1.54) is 12.1 Å². The summed E-state index contributed by atoms with van der Waals surface area (Å²) in [5.41, 5.74) is 0. The highest BCUT2D eigenvalue weighted by Gasteiger charge is 1.86. The second kappa shape index (κ2) is 2.18. The summed E-state index contributed by atoms with van der Waals surface area (Å²) in [6.45, 7) is 0. The molecule has 0 aliphatic heterocycles. The van der Waals surface area contributed by atoms with E-state index >= 15 is 0 Å². The van der Waals surface area contributed by atoms with Crippen LogP contribution in [-0.4, -0.2) is 0 Å². The highest BCUT2D eigenvalue weighted by molar-refractivity contribution is 9.10. The molecule has 8 heavy (non-hydrogen) atoms. The molecule has 0 spiro atoms. The normalized spacial score (nSPS) is 9.12. The average Bonchev–Trinajstić information content (AvgIpc) is 1.77. The zero-order chi connectivity index (χ0) is 5.98. The van der Waals surface area contributed by atoms with Crippen LogP contribution >= 0.6 is 15.9 Å². The Morgan fingerprint density at radius 2 is 1.62 bits per heavy atom. The lowest BCUT2D eigenvalue weighted by atomic mass is 10.3. The lowest BCUT2D eigenvalue weighted by Crippen LogP contribution is -1.59. The highest BCUT2D eigenvalue weighted by Crippen LogP contribution is 2.14. The van der Waals surface area contributed by atoms with Crippen LogP contribution in [0.5, 0.6) is 5.75 Å². The van der Waals surface area contributed by atoms with Crippen LogP contribution in [0.15, 0.2) is 28.7 Å². The van der Waals surface area contributed by atoms with E-state index in [9.17, 15) is 5.11 Å². The van der Waals surface area contributed by atoms with Gasteiger partial charge in [0.1, 0.15) is 0 Å². The minimum absolute atomic E-state index is 0.0493. The second-order valence-electron chi connectivity index (χ2n) is 1.45. The monoisotopic (exact) mass is 171 g/mol. The molecule has 0 saturated heterocycles. The predicted octanol–water partition coefficient (Wildman–Crippen LogP) is 2.59. The minimum atomic E-state index is 0.0493. The van der Waals surface area contributed by atoms with Gasteiger partial charge in [0, 0.05) is 4.47 Å². The molecular formula is C6H4BrO. The molecule has 0 N–H and O–H groups in total. The number of halogens is 1. The van der Waals surface area contributed by atoms with Gasteiger partial charge in [-0.1, -0.05) is 15.9 Å². The summed E-state index contributed by atoms with van der Waals surface area (Å²) in [5, 5.41) is 10.4. The van der Waals surface area contributed by atoms with Gasteiger partial charge in [-0.2, -0.15) is 0 Å². The molecule has 0 unspecified atom stereocenters. The van der Waals surface area contributed by atoms with Gasteiger partial charge in [-0.05, 0) is 24.3 Å². The molecule has 0 aliphatic rings. The minimum Gasteiger partial charge on any atom is -0.290 e. The van der Waals surface area contributed by atoms with Crippen LogP contribution in [0.4, 0.5) is 0 Å². The van der Waals surface area contributed by atoms with E-state index < -0.39 is 0 Å². The van der Waals surface area contributed by atoms with Crippen LogP contribution in [0.25, 0.3) is 0 Å². The Hall–Kier alpha value is -0.500. The van der Waals surface area contributed by atoms with E-state index in [-0.39, 0.29) is 5.75 Å². The maximum Gasteiger partial charge on any atom is 0.178 e. The van der Waals surface area contributed by atoms with Crippen molar-refractivity contribution < 1.29 is 5.11 Å². The number of benzene rings is 1. The Labute approximate surface area is 56.1 Å². The molecule has 0 amide bonds. The molecule has 41 valence electrons. The van der Waals surface area contributed by atoms with Crippen LogP contribution < -0.4 is 0 Å². The molecule has 1 aromatic carbocycles. The molecule has 0 atom stereocenters. The Morgan fingerprint density at radius 3 is 2.00 bits per heavy atom. The fraction of sp³-hybridized carbons (Fsp3) is 0. The van der Waals surface area contributed by atoms with Gasteiger partial charge in [-0.25, -0.2) is 0 Å². The second-order valence-corrected chi connectivity index (χ2v) is 2.37. The van der Waals surface area contributed by atoms with Crippen LogP contribution in [0.2, 0.25) is 0 Å². The lowest BCUT2D eigenvalue weighted by Gasteiger charge is -1.84. The Bertz CT molecular complexity index is 147. The van der Waals surface area contributed by atoms with Gasteiger partial charge >= 0.3 is 0 Å². The Kier molecular flexibility index (Phi) is 1.53. The van der Waals surface area contributed by atoms with Crippen LogP contribution in [0, 0.1) is 0 Å². The van der Waals surface area contributed by atoms with Gasteiger partial charge in [0.2, 0.25) is 0 Å². The fourth-order valence-corrected chi connectivity index (χ4v) is 0.699. The fourth-order valence-electron chi connectivity index (χ4n) is 0.435. The first-order valence-corrected chi connectivity index (χ1v) is 3.01. The third kappa shape index (κ3) is 1.23. The van der Waals surface area contributed by atoms with Crippen molar-refractivity contribution in [3.05, 3.63) is 28.7 Å². The van der Waals surface area contributed by atoms with E-state index in [4.69, 9.17) is 0 Å². The van der Waals surface area contributed by atoms with Crippen LogP contribution in [0.1, 0.15) is 0 Å². The maximum atomic E-state index is 10.4. The summed E-state index contributed by atoms with van der Waals surface area (Å²) in [6, 6.07) is 6.48. The van der Waals surface area contributed by atoms with Gasteiger partial charge in [0.05, 0.1) is 0 Å². The van der Waals surface area contributed by atoms with Crippen molar-refractivity contribution >= 4 is 15.9 Å². The third-order valence-electron chi connectivity index (χ3n) is 0.814. The van der Waals surface area contributed by atoms with Gasteiger partial charge in [0.25, 0.3) is 0 Å². The van der Waals surface area contributed by atoms with Crippen LogP contribution in [-0.2, 0) is 5.11 Å². The molecule has 0 fully saturated rings. The van der Waals surface area contributed by atoms with Crippen LogP contribution in [0.3, 0.4) is 0 Å². The lowest BCUT2D eigenvalue weighted by molar-refractivity contribution is 0.355. The highest BCUT2D eigenvalue weighted by atomic mass is 79.9. The van der Waals surface area contributed by atoms with Gasteiger partial charge < -0.3 is 0 Å². The van der Waals surface area contributed by atoms with E-state index in [2.05, 4.69) is 15.9 Å². The molecule has 1 aromatic rings. The van der Waals surface area contributed by atoms with Crippen molar-refractivity contribution in [1.82, 2.24) is 0 Å². The smallest absolute Gasteiger partial charge is 0.178 e. The molecule has 0 aliphatic carbocycles. The zero-order valence-electron chi connectivity index (χ0n) is 4.10.